The highest BCUT2D eigenvalue weighted by atomic mass is 16.2. The second-order valence-electron chi connectivity index (χ2n) is 7.89. The van der Waals surface area contributed by atoms with Crippen molar-refractivity contribution in [3.8, 4) is 0 Å². The lowest BCUT2D eigenvalue weighted by Crippen LogP contribution is -2.44. The van der Waals surface area contributed by atoms with Crippen LogP contribution in [0, 0.1) is 12.8 Å². The Labute approximate surface area is 162 Å². The van der Waals surface area contributed by atoms with E-state index >= 15 is 0 Å². The molecular formula is C21H32N4O2. The molecule has 0 bridgehead atoms. The Morgan fingerprint density at radius 1 is 1.07 bits per heavy atom. The standard InChI is InChI=1S/C21H32N4O2/c1-16-14-18(25-12-10-24(2)11-13-25)8-9-19(16)23-20(26)15-22-21(27)17-6-4-3-5-7-17/h8-9,14,17H,3-7,10-13,15H2,1-2H3,(H,22,27)(H,23,26). The van der Waals surface area contributed by atoms with Crippen molar-refractivity contribution in [3.63, 3.8) is 0 Å². The van der Waals surface area contributed by atoms with Crippen LogP contribution < -0.4 is 15.5 Å². The summed E-state index contributed by atoms with van der Waals surface area (Å²) in [5.41, 5.74) is 3.05. The Morgan fingerprint density at radius 2 is 1.78 bits per heavy atom. The predicted octanol–water partition coefficient (Wildman–Crippen LogP) is 2.38. The number of carbonyl (C=O) groups excluding carboxylic acids is 2. The first-order valence-corrected chi connectivity index (χ1v) is 10.1. The van der Waals surface area contributed by atoms with Crippen LogP contribution in [0.5, 0.6) is 0 Å². The number of piperazine rings is 1. The number of rotatable bonds is 5. The molecule has 2 N–H and O–H groups in total. The van der Waals surface area contributed by atoms with E-state index in [2.05, 4.69) is 39.6 Å². The summed E-state index contributed by atoms with van der Waals surface area (Å²) < 4.78 is 0. The molecule has 1 aromatic carbocycles. The number of benzene rings is 1. The molecule has 2 aliphatic rings. The molecule has 0 spiro atoms. The van der Waals surface area contributed by atoms with Crippen LogP contribution >= 0.6 is 0 Å². The van der Waals surface area contributed by atoms with Gasteiger partial charge in [-0.2, -0.15) is 0 Å². The molecule has 6 heteroatoms. The van der Waals surface area contributed by atoms with E-state index in [1.165, 1.54) is 12.1 Å². The average molecular weight is 373 g/mol. The van der Waals surface area contributed by atoms with Crippen LogP contribution in [-0.2, 0) is 9.59 Å². The number of nitrogens with one attached hydrogen (secondary N) is 2. The van der Waals surface area contributed by atoms with E-state index in [1.54, 1.807) is 0 Å². The van der Waals surface area contributed by atoms with Crippen LogP contribution in [-0.4, -0.2) is 56.5 Å². The van der Waals surface area contributed by atoms with Crippen molar-refractivity contribution < 1.29 is 9.59 Å². The van der Waals surface area contributed by atoms with E-state index in [0.29, 0.717) is 0 Å². The normalized spacial score (nSPS) is 19.0. The first kappa shape index (κ1) is 19.7. The van der Waals surface area contributed by atoms with Gasteiger partial charge in [-0.05, 0) is 50.6 Å². The van der Waals surface area contributed by atoms with Gasteiger partial charge in [-0.15, -0.1) is 0 Å². The number of hydrogen-bond acceptors (Lipinski definition) is 4. The largest absolute Gasteiger partial charge is 0.369 e. The van der Waals surface area contributed by atoms with Crippen molar-refractivity contribution in [2.75, 3.05) is 50.0 Å². The molecule has 1 aliphatic heterocycles. The van der Waals surface area contributed by atoms with Gasteiger partial charge in [-0.25, -0.2) is 0 Å². The molecule has 2 fully saturated rings. The molecule has 1 heterocycles. The molecule has 1 saturated carbocycles. The Bertz CT molecular complexity index is 662. The highest BCUT2D eigenvalue weighted by Crippen LogP contribution is 2.24. The number of nitrogens with zero attached hydrogens (tertiary/aromatic N) is 2. The summed E-state index contributed by atoms with van der Waals surface area (Å²) >= 11 is 0. The van der Waals surface area contributed by atoms with Crippen molar-refractivity contribution >= 4 is 23.2 Å². The molecule has 1 aliphatic carbocycles. The molecular weight excluding hydrogens is 340 g/mol. The second kappa shape index (κ2) is 9.22. The third-order valence-corrected chi connectivity index (χ3v) is 5.75. The number of likely N-dealkylation sites (N-methyl/N-ethyl adjacent to an activating group) is 1. The molecule has 148 valence electrons. The average Bonchev–Trinajstić information content (AvgIpc) is 2.69. The summed E-state index contributed by atoms with van der Waals surface area (Å²) in [6.07, 6.45) is 5.33. The predicted molar refractivity (Wildman–Crippen MR) is 109 cm³/mol. The monoisotopic (exact) mass is 372 g/mol. The van der Waals surface area contributed by atoms with Gasteiger partial charge in [0.1, 0.15) is 0 Å². The lowest BCUT2D eigenvalue weighted by Gasteiger charge is -2.34. The zero-order valence-electron chi connectivity index (χ0n) is 16.6. The first-order valence-electron chi connectivity index (χ1n) is 10.1. The van der Waals surface area contributed by atoms with Gasteiger partial charge in [0, 0.05) is 43.5 Å². The number of carbonyl (C=O) groups is 2. The number of aryl methyl sites for hydroxylation is 1. The topological polar surface area (TPSA) is 64.7 Å². The lowest BCUT2D eigenvalue weighted by molar-refractivity contribution is -0.128. The van der Waals surface area contributed by atoms with Crippen LogP contribution in [0.3, 0.4) is 0 Å². The summed E-state index contributed by atoms with van der Waals surface area (Å²) in [5, 5.41) is 5.72. The Morgan fingerprint density at radius 3 is 2.44 bits per heavy atom. The van der Waals surface area contributed by atoms with Crippen LogP contribution in [0.1, 0.15) is 37.7 Å². The van der Waals surface area contributed by atoms with Crippen LogP contribution in [0.4, 0.5) is 11.4 Å². The molecule has 2 amide bonds. The van der Waals surface area contributed by atoms with Gasteiger partial charge >= 0.3 is 0 Å². The summed E-state index contributed by atoms with van der Waals surface area (Å²) in [4.78, 5) is 29.1. The van der Waals surface area contributed by atoms with E-state index < -0.39 is 0 Å². The smallest absolute Gasteiger partial charge is 0.243 e. The SMILES string of the molecule is Cc1cc(N2CCN(C)CC2)ccc1NC(=O)CNC(=O)C1CCCCC1. The van der Waals surface area contributed by atoms with E-state index in [4.69, 9.17) is 0 Å². The Kier molecular flexibility index (Phi) is 6.72. The molecule has 0 radical (unpaired) electrons. The molecule has 1 aromatic rings. The van der Waals surface area contributed by atoms with Gasteiger partial charge in [0.15, 0.2) is 0 Å². The molecule has 27 heavy (non-hydrogen) atoms. The summed E-state index contributed by atoms with van der Waals surface area (Å²) in [7, 11) is 2.15. The summed E-state index contributed by atoms with van der Waals surface area (Å²) in [6, 6.07) is 6.15. The zero-order chi connectivity index (χ0) is 19.2. The van der Waals surface area contributed by atoms with Crippen molar-refractivity contribution in [2.24, 2.45) is 5.92 Å². The quantitative estimate of drug-likeness (QED) is 0.833. The van der Waals surface area contributed by atoms with E-state index in [9.17, 15) is 9.59 Å². The lowest BCUT2D eigenvalue weighted by atomic mass is 9.89. The minimum atomic E-state index is -0.172. The molecule has 3 rings (SSSR count). The first-order chi connectivity index (χ1) is 13.0. The van der Waals surface area contributed by atoms with Gasteiger partial charge in [0.05, 0.1) is 6.54 Å². The van der Waals surface area contributed by atoms with Crippen LogP contribution in [0.25, 0.3) is 0 Å². The summed E-state index contributed by atoms with van der Waals surface area (Å²) in [6.45, 7) is 6.23. The molecule has 0 aromatic heterocycles. The number of anilines is 2. The van der Waals surface area contributed by atoms with Crippen molar-refractivity contribution in [3.05, 3.63) is 23.8 Å². The van der Waals surface area contributed by atoms with Gasteiger partial charge < -0.3 is 20.4 Å². The highest BCUT2D eigenvalue weighted by Gasteiger charge is 2.21. The van der Waals surface area contributed by atoms with Gasteiger partial charge in [0.2, 0.25) is 11.8 Å². The number of amides is 2. The molecule has 1 saturated heterocycles. The minimum Gasteiger partial charge on any atom is -0.369 e. The van der Waals surface area contributed by atoms with Gasteiger partial charge in [-0.1, -0.05) is 19.3 Å². The van der Waals surface area contributed by atoms with Gasteiger partial charge in [0.25, 0.3) is 0 Å². The summed E-state index contributed by atoms with van der Waals surface area (Å²) in [5.74, 6) is -0.0715. The van der Waals surface area contributed by atoms with Gasteiger partial charge in [-0.3, -0.25) is 9.59 Å². The van der Waals surface area contributed by atoms with Crippen LogP contribution in [0.2, 0.25) is 0 Å². The maximum Gasteiger partial charge on any atom is 0.243 e. The highest BCUT2D eigenvalue weighted by molar-refractivity contribution is 5.95. The van der Waals surface area contributed by atoms with E-state index in [1.807, 2.05) is 13.0 Å². The Balaban J connectivity index is 1.49. The van der Waals surface area contributed by atoms with Crippen molar-refractivity contribution in [1.29, 1.82) is 0 Å². The second-order valence-corrected chi connectivity index (χ2v) is 7.89. The number of hydrogen-bond donors (Lipinski definition) is 2. The third-order valence-electron chi connectivity index (χ3n) is 5.75. The maximum absolute atomic E-state index is 12.2. The fraction of sp³-hybridized carbons (Fsp3) is 0.619. The molecule has 6 nitrogen and oxygen atoms in total. The molecule has 0 unspecified atom stereocenters. The van der Waals surface area contributed by atoms with Crippen LogP contribution in [0.15, 0.2) is 18.2 Å². The maximum atomic E-state index is 12.2. The fourth-order valence-corrected chi connectivity index (χ4v) is 3.92. The zero-order valence-corrected chi connectivity index (χ0v) is 16.6. The van der Waals surface area contributed by atoms with Crippen molar-refractivity contribution in [1.82, 2.24) is 10.2 Å². The van der Waals surface area contributed by atoms with E-state index in [-0.39, 0.29) is 24.3 Å². The third kappa shape index (κ3) is 5.45. The fourth-order valence-electron chi connectivity index (χ4n) is 3.92. The molecule has 0 atom stereocenters. The Hall–Kier alpha value is -2.08. The minimum absolute atomic E-state index is 0.0204. The van der Waals surface area contributed by atoms with Crippen molar-refractivity contribution in [2.45, 2.75) is 39.0 Å². The van der Waals surface area contributed by atoms with E-state index in [0.717, 1.165) is 63.1 Å².